The number of nitrogens with one attached hydrogen (secondary N) is 2. The molecular formula is C21H25N9O9P2S2. The van der Waals surface area contributed by atoms with E-state index in [4.69, 9.17) is 28.6 Å². The van der Waals surface area contributed by atoms with Crippen LogP contribution < -0.4 is 16.6 Å². The number of fused-ring (bicyclic) bond motifs is 4. The van der Waals surface area contributed by atoms with Crippen LogP contribution in [-0.2, 0) is 32.0 Å². The van der Waals surface area contributed by atoms with E-state index < -0.39 is 62.3 Å². The second-order valence-electron chi connectivity index (χ2n) is 10.0. The van der Waals surface area contributed by atoms with E-state index in [0.29, 0.717) is 12.2 Å². The van der Waals surface area contributed by atoms with Crippen LogP contribution in [0, 0.1) is 17.2 Å². The summed E-state index contributed by atoms with van der Waals surface area (Å²) in [5, 5.41) is 23.6. The van der Waals surface area contributed by atoms with Crippen molar-refractivity contribution in [2.45, 2.75) is 49.5 Å². The molecule has 18 nitrogen and oxygen atoms in total. The molecule has 0 spiro atoms. The normalized spacial score (nSPS) is 36.7. The summed E-state index contributed by atoms with van der Waals surface area (Å²) in [5.41, 5.74) is 5.26. The molecule has 0 radical (unpaired) electrons. The van der Waals surface area contributed by atoms with E-state index >= 15 is 0 Å². The minimum Gasteiger partial charge on any atom is -0.387 e. The maximum atomic E-state index is 13.5. The van der Waals surface area contributed by atoms with Gasteiger partial charge in [0.05, 0.1) is 31.8 Å². The maximum absolute atomic E-state index is 13.5. The highest BCUT2D eigenvalue weighted by Crippen LogP contribution is 2.60. The van der Waals surface area contributed by atoms with Crippen LogP contribution in [0.15, 0.2) is 23.6 Å². The van der Waals surface area contributed by atoms with Crippen LogP contribution in [0.2, 0.25) is 0 Å². The van der Waals surface area contributed by atoms with Crippen LogP contribution in [-0.4, -0.2) is 78.3 Å². The van der Waals surface area contributed by atoms with Crippen LogP contribution in [0.1, 0.15) is 24.6 Å². The third-order valence-corrected chi connectivity index (χ3v) is 10.5. The fourth-order valence-corrected chi connectivity index (χ4v) is 8.36. The molecule has 0 amide bonds. The van der Waals surface area contributed by atoms with Gasteiger partial charge in [-0.25, -0.2) is 24.1 Å². The Balaban J connectivity index is 1.27. The van der Waals surface area contributed by atoms with Crippen molar-refractivity contribution in [3.05, 3.63) is 34.8 Å². The van der Waals surface area contributed by atoms with Gasteiger partial charge in [0.1, 0.15) is 42.1 Å². The summed E-state index contributed by atoms with van der Waals surface area (Å²) in [7, 11) is 0. The summed E-state index contributed by atoms with van der Waals surface area (Å²) >= 11 is 8.26. The van der Waals surface area contributed by atoms with E-state index in [-0.39, 0.29) is 41.7 Å². The van der Waals surface area contributed by atoms with Gasteiger partial charge in [-0.05, 0) is 12.8 Å². The summed E-state index contributed by atoms with van der Waals surface area (Å²) in [5.74, 6) is -0.384. The number of anilines is 2. The molecule has 2 aliphatic heterocycles. The van der Waals surface area contributed by atoms with Crippen molar-refractivity contribution in [3.63, 3.8) is 0 Å². The molecule has 3 aromatic heterocycles. The quantitative estimate of drug-likeness (QED) is 0.170. The number of hydrogen-bond donors (Lipinski definition) is 6. The van der Waals surface area contributed by atoms with Gasteiger partial charge in [0, 0.05) is 12.0 Å². The fraction of sp³-hybridized carbons (Fsp3) is 0.524. The van der Waals surface area contributed by atoms with Gasteiger partial charge in [-0.3, -0.25) is 27.9 Å². The SMILES string of the molecule is N#Cc1cncnc1N[C@@H]1C[C@@H]2CO[P@](=O)(S)O[C@@H]3[C@H](O)[C@@H](CO[P@@](=O)(S)O[C@H]2C1)O[C@H]3n1cnc2c(=O)[nH]c(N)nc21. The van der Waals surface area contributed by atoms with Crippen LogP contribution in [0.4, 0.5) is 11.8 Å². The Bertz CT molecular complexity index is 1740. The Hall–Kier alpha value is -2.56. The number of H-pyrrole nitrogens is 1. The van der Waals surface area contributed by atoms with E-state index in [1.165, 1.54) is 23.4 Å². The smallest absolute Gasteiger partial charge is 0.386 e. The lowest BCUT2D eigenvalue weighted by molar-refractivity contribution is -0.0487. The fourth-order valence-electron chi connectivity index (χ4n) is 5.29. The number of aromatic amines is 1. The molecule has 9 atom stereocenters. The van der Waals surface area contributed by atoms with Gasteiger partial charge >= 0.3 is 13.6 Å². The molecule has 6 rings (SSSR count). The van der Waals surface area contributed by atoms with Crippen molar-refractivity contribution in [1.29, 1.82) is 5.26 Å². The number of imidazole rings is 1. The van der Waals surface area contributed by atoms with Crippen LogP contribution in [0.3, 0.4) is 0 Å². The number of ether oxygens (including phenoxy) is 1. The minimum atomic E-state index is -4.20. The third-order valence-electron chi connectivity index (χ3n) is 7.22. The van der Waals surface area contributed by atoms with Crippen LogP contribution in [0.5, 0.6) is 0 Å². The van der Waals surface area contributed by atoms with Crippen molar-refractivity contribution in [2.24, 2.45) is 5.92 Å². The van der Waals surface area contributed by atoms with E-state index in [1.807, 2.05) is 6.07 Å². The molecule has 3 fully saturated rings. The molecule has 5 N–H and O–H groups in total. The maximum Gasteiger partial charge on any atom is 0.386 e. The molecule has 22 heteroatoms. The van der Waals surface area contributed by atoms with Gasteiger partial charge in [0.25, 0.3) is 5.56 Å². The number of nitrogen functional groups attached to an aromatic ring is 1. The van der Waals surface area contributed by atoms with E-state index in [2.05, 4.69) is 54.7 Å². The Labute approximate surface area is 253 Å². The van der Waals surface area contributed by atoms with Crippen molar-refractivity contribution in [2.75, 3.05) is 24.3 Å². The second kappa shape index (κ2) is 11.7. The number of thiol groups is 2. The molecule has 0 aromatic carbocycles. The average Bonchev–Trinajstić information content (AvgIpc) is 3.62. The summed E-state index contributed by atoms with van der Waals surface area (Å²) in [6.45, 7) is -8.93. The largest absolute Gasteiger partial charge is 0.387 e. The first-order valence-corrected chi connectivity index (χ1v) is 18.2. The molecule has 43 heavy (non-hydrogen) atoms. The first-order chi connectivity index (χ1) is 20.4. The average molecular weight is 674 g/mol. The number of aromatic nitrogens is 6. The summed E-state index contributed by atoms with van der Waals surface area (Å²) in [6, 6.07) is 1.70. The number of rotatable bonds is 3. The zero-order chi connectivity index (χ0) is 30.5. The summed E-state index contributed by atoms with van der Waals surface area (Å²) in [4.78, 5) is 30.7. The minimum absolute atomic E-state index is 0.00318. The molecule has 1 aliphatic carbocycles. The van der Waals surface area contributed by atoms with Gasteiger partial charge in [-0.15, -0.1) is 0 Å². The second-order valence-corrected chi connectivity index (χ2v) is 15.8. The standard InChI is InChI=1S/C21H25N9O9P2S2/c22-3-10-4-24-7-25-17(10)27-11-1-9-5-35-41(34,43)39-16-15(31)13(6-36-40(33,42)38-12(9)2-11)37-20(16)30-8-26-14-18(30)28-21(23)29-19(14)32/h4,7-9,11-13,15-16,20,31H,1-2,5-6H2,(H,33,42)(H,34,43)(H,24,25,27)(H3,23,28,29,32)/t9-,11-,12+,13-,15-,16-,20-,40-,41+/m1/s1. The number of aliphatic hydroxyl groups is 1. The van der Waals surface area contributed by atoms with Gasteiger partial charge < -0.3 is 25.4 Å². The van der Waals surface area contributed by atoms with Gasteiger partial charge in [0.15, 0.2) is 17.4 Å². The van der Waals surface area contributed by atoms with E-state index in [0.717, 1.165) is 0 Å². The van der Waals surface area contributed by atoms with Crippen molar-refractivity contribution < 1.29 is 37.1 Å². The lowest BCUT2D eigenvalue weighted by atomic mass is 10.1. The van der Waals surface area contributed by atoms with Gasteiger partial charge in [0.2, 0.25) is 5.95 Å². The number of nitrogens with zero attached hydrogens (tertiary/aromatic N) is 6. The lowest BCUT2D eigenvalue weighted by Crippen LogP contribution is -2.35. The Morgan fingerprint density at radius 2 is 1.93 bits per heavy atom. The molecule has 5 heterocycles. The molecule has 0 unspecified atom stereocenters. The number of hydrogen-bond acceptors (Lipinski definition) is 16. The number of nitrogens with two attached hydrogens (primary N) is 1. The highest BCUT2D eigenvalue weighted by Gasteiger charge is 2.51. The highest BCUT2D eigenvalue weighted by atomic mass is 32.7. The monoisotopic (exact) mass is 673 g/mol. The van der Waals surface area contributed by atoms with Gasteiger partial charge in [-0.1, -0.05) is 24.5 Å². The molecule has 2 saturated heterocycles. The highest BCUT2D eigenvalue weighted by molar-refractivity contribution is 8.44. The third kappa shape index (κ3) is 6.33. The van der Waals surface area contributed by atoms with Crippen molar-refractivity contribution >= 4 is 61.0 Å². The first kappa shape index (κ1) is 30.5. The topological polar surface area (TPSA) is 252 Å². The molecule has 1 saturated carbocycles. The Morgan fingerprint density at radius 1 is 1.16 bits per heavy atom. The molecule has 2 bridgehead atoms. The first-order valence-electron chi connectivity index (χ1n) is 12.8. The zero-order valence-electron chi connectivity index (χ0n) is 21.9. The molecule has 230 valence electrons. The van der Waals surface area contributed by atoms with Gasteiger partial charge in [-0.2, -0.15) is 10.2 Å². The van der Waals surface area contributed by atoms with Crippen molar-refractivity contribution in [3.8, 4) is 6.07 Å². The molecule has 3 aliphatic rings. The van der Waals surface area contributed by atoms with Crippen molar-refractivity contribution in [1.82, 2.24) is 29.5 Å². The number of aliphatic hydroxyl groups excluding tert-OH is 1. The Morgan fingerprint density at radius 3 is 2.72 bits per heavy atom. The zero-order valence-corrected chi connectivity index (χ0v) is 25.4. The predicted octanol–water partition coefficient (Wildman–Crippen LogP) is 1.41. The van der Waals surface area contributed by atoms with Crippen LogP contribution in [0.25, 0.3) is 11.2 Å². The molecular weight excluding hydrogens is 648 g/mol. The summed E-state index contributed by atoms with van der Waals surface area (Å²) < 4.78 is 56.7. The van der Waals surface area contributed by atoms with Crippen LogP contribution >= 0.6 is 38.1 Å². The number of nitriles is 1. The van der Waals surface area contributed by atoms with E-state index in [9.17, 15) is 24.3 Å². The lowest BCUT2D eigenvalue weighted by Gasteiger charge is -2.26. The summed E-state index contributed by atoms with van der Waals surface area (Å²) in [6.07, 6.45) is -1.57. The predicted molar refractivity (Wildman–Crippen MR) is 154 cm³/mol. The van der Waals surface area contributed by atoms with E-state index in [1.54, 1.807) is 0 Å². The Kier molecular flexibility index (Phi) is 8.32. The molecule has 3 aromatic rings.